The first-order valence-electron chi connectivity index (χ1n) is 6.12. The topological polar surface area (TPSA) is 74.7 Å². The van der Waals surface area contributed by atoms with Gasteiger partial charge in [0.15, 0.2) is 9.84 Å². The van der Waals surface area contributed by atoms with Crippen LogP contribution in [0, 0.1) is 13.8 Å². The highest BCUT2D eigenvalue weighted by atomic mass is 32.2. The van der Waals surface area contributed by atoms with Gasteiger partial charge in [0.1, 0.15) is 0 Å². The Kier molecular flexibility index (Phi) is 3.54. The molecule has 19 heavy (non-hydrogen) atoms. The molecular formula is C13H17NO4S. The molecule has 0 saturated carbocycles. The molecule has 0 unspecified atom stereocenters. The number of aryl methyl sites for hydroxylation is 2. The number of aliphatic carboxylic acids is 1. The predicted octanol–water partition coefficient (Wildman–Crippen LogP) is 1.37. The van der Waals surface area contributed by atoms with Gasteiger partial charge in [0, 0.05) is 13.1 Å². The molecular weight excluding hydrogens is 266 g/mol. The Morgan fingerprint density at radius 3 is 2.58 bits per heavy atom. The fourth-order valence-electron chi connectivity index (χ4n) is 2.45. The predicted molar refractivity (Wildman–Crippen MR) is 72.4 cm³/mol. The molecule has 1 aliphatic rings. The van der Waals surface area contributed by atoms with Gasteiger partial charge < -0.3 is 10.0 Å². The zero-order chi connectivity index (χ0) is 14.2. The maximum Gasteiger partial charge on any atom is 0.305 e. The van der Waals surface area contributed by atoms with E-state index in [-0.39, 0.29) is 12.2 Å². The smallest absolute Gasteiger partial charge is 0.305 e. The number of fused-ring (bicyclic) bond motifs is 1. The van der Waals surface area contributed by atoms with Gasteiger partial charge in [-0.1, -0.05) is 12.1 Å². The van der Waals surface area contributed by atoms with Gasteiger partial charge in [-0.05, 0) is 25.0 Å². The first-order chi connectivity index (χ1) is 8.83. The van der Waals surface area contributed by atoms with Crippen molar-refractivity contribution in [2.24, 2.45) is 0 Å². The van der Waals surface area contributed by atoms with Crippen LogP contribution in [0.15, 0.2) is 17.0 Å². The zero-order valence-corrected chi connectivity index (χ0v) is 11.8. The van der Waals surface area contributed by atoms with Crippen LogP contribution in [-0.4, -0.2) is 38.3 Å². The van der Waals surface area contributed by atoms with E-state index in [1.807, 2.05) is 17.9 Å². The molecule has 0 aliphatic carbocycles. The van der Waals surface area contributed by atoms with Crippen LogP contribution in [0.4, 0.5) is 5.69 Å². The van der Waals surface area contributed by atoms with Crippen molar-refractivity contribution in [1.29, 1.82) is 0 Å². The van der Waals surface area contributed by atoms with Gasteiger partial charge in [0.2, 0.25) is 0 Å². The third-order valence-electron chi connectivity index (χ3n) is 3.38. The van der Waals surface area contributed by atoms with E-state index in [1.165, 1.54) is 0 Å². The molecule has 0 bridgehead atoms. The van der Waals surface area contributed by atoms with E-state index in [0.717, 1.165) is 11.1 Å². The van der Waals surface area contributed by atoms with E-state index in [4.69, 9.17) is 5.11 Å². The Bertz CT molecular complexity index is 622. The molecule has 1 aliphatic heterocycles. The number of rotatable bonds is 3. The van der Waals surface area contributed by atoms with Gasteiger partial charge in [-0.25, -0.2) is 8.42 Å². The molecule has 0 saturated heterocycles. The monoisotopic (exact) mass is 283 g/mol. The quantitative estimate of drug-likeness (QED) is 0.907. The summed E-state index contributed by atoms with van der Waals surface area (Å²) in [4.78, 5) is 12.9. The van der Waals surface area contributed by atoms with Crippen LogP contribution < -0.4 is 4.90 Å². The molecule has 104 valence electrons. The molecule has 0 fully saturated rings. The van der Waals surface area contributed by atoms with Gasteiger partial charge in [0.25, 0.3) is 0 Å². The molecule has 6 heteroatoms. The summed E-state index contributed by atoms with van der Waals surface area (Å²) in [5.74, 6) is -0.829. The summed E-state index contributed by atoms with van der Waals surface area (Å²) in [5, 5.41) is 8.77. The first-order valence-corrected chi connectivity index (χ1v) is 7.78. The van der Waals surface area contributed by atoms with Crippen LogP contribution in [0.3, 0.4) is 0 Å². The molecule has 1 aromatic carbocycles. The Morgan fingerprint density at radius 2 is 1.95 bits per heavy atom. The van der Waals surface area contributed by atoms with Crippen molar-refractivity contribution >= 4 is 21.5 Å². The van der Waals surface area contributed by atoms with Crippen LogP contribution in [0.2, 0.25) is 0 Å². The number of carboxylic acid groups (broad SMARTS) is 1. The fraction of sp³-hybridized carbons (Fsp3) is 0.462. The SMILES string of the molecule is Cc1ccc(C)c2c1N(CCC(=O)O)CCS2(=O)=O. The summed E-state index contributed by atoms with van der Waals surface area (Å²) in [7, 11) is -3.26. The number of sulfone groups is 1. The lowest BCUT2D eigenvalue weighted by Gasteiger charge is -2.33. The molecule has 0 aromatic heterocycles. The zero-order valence-electron chi connectivity index (χ0n) is 11.0. The molecule has 1 N–H and O–H groups in total. The number of carbonyl (C=O) groups is 1. The van der Waals surface area contributed by atoms with Gasteiger partial charge in [-0.3, -0.25) is 4.79 Å². The van der Waals surface area contributed by atoms with Crippen molar-refractivity contribution in [3.63, 3.8) is 0 Å². The van der Waals surface area contributed by atoms with Crippen molar-refractivity contribution < 1.29 is 18.3 Å². The molecule has 0 amide bonds. The molecule has 0 atom stereocenters. The second-order valence-corrected chi connectivity index (χ2v) is 6.87. The lowest BCUT2D eigenvalue weighted by Crippen LogP contribution is -2.37. The van der Waals surface area contributed by atoms with Crippen LogP contribution in [-0.2, 0) is 14.6 Å². The van der Waals surface area contributed by atoms with E-state index < -0.39 is 15.8 Å². The van der Waals surface area contributed by atoms with Crippen molar-refractivity contribution in [2.75, 3.05) is 23.7 Å². The van der Waals surface area contributed by atoms with Crippen LogP contribution in [0.5, 0.6) is 0 Å². The maximum atomic E-state index is 12.2. The van der Waals surface area contributed by atoms with Crippen molar-refractivity contribution in [1.82, 2.24) is 0 Å². The van der Waals surface area contributed by atoms with Gasteiger partial charge in [-0.15, -0.1) is 0 Å². The fourth-order valence-corrected chi connectivity index (χ4v) is 4.26. The van der Waals surface area contributed by atoms with Gasteiger partial charge >= 0.3 is 5.97 Å². The van der Waals surface area contributed by atoms with Crippen LogP contribution in [0.25, 0.3) is 0 Å². The summed E-state index contributed by atoms with van der Waals surface area (Å²) < 4.78 is 24.4. The lowest BCUT2D eigenvalue weighted by molar-refractivity contribution is -0.136. The summed E-state index contributed by atoms with van der Waals surface area (Å²) in [6.45, 7) is 4.32. The highest BCUT2D eigenvalue weighted by molar-refractivity contribution is 7.91. The summed E-state index contributed by atoms with van der Waals surface area (Å²) in [6, 6.07) is 3.68. The highest BCUT2D eigenvalue weighted by Gasteiger charge is 2.31. The van der Waals surface area contributed by atoms with E-state index in [2.05, 4.69) is 0 Å². The van der Waals surface area contributed by atoms with Crippen molar-refractivity contribution in [2.45, 2.75) is 25.2 Å². The van der Waals surface area contributed by atoms with E-state index in [9.17, 15) is 13.2 Å². The minimum atomic E-state index is -3.26. The second-order valence-electron chi connectivity index (χ2n) is 4.83. The molecule has 0 radical (unpaired) electrons. The minimum absolute atomic E-state index is 0.00682. The molecule has 1 aromatic rings. The Labute approximate surface area is 112 Å². The van der Waals surface area contributed by atoms with E-state index in [0.29, 0.717) is 23.7 Å². The number of anilines is 1. The highest BCUT2D eigenvalue weighted by Crippen LogP contribution is 2.36. The number of hydrogen-bond acceptors (Lipinski definition) is 4. The molecule has 2 rings (SSSR count). The van der Waals surface area contributed by atoms with Gasteiger partial charge in [-0.2, -0.15) is 0 Å². The van der Waals surface area contributed by atoms with E-state index in [1.54, 1.807) is 13.0 Å². The largest absolute Gasteiger partial charge is 0.481 e. The molecule has 1 heterocycles. The minimum Gasteiger partial charge on any atom is -0.481 e. The first kappa shape index (κ1) is 13.9. The summed E-state index contributed by atoms with van der Waals surface area (Å²) >= 11 is 0. The Hall–Kier alpha value is -1.56. The number of carboxylic acids is 1. The molecule has 0 spiro atoms. The Morgan fingerprint density at radius 1 is 1.32 bits per heavy atom. The lowest BCUT2D eigenvalue weighted by atomic mass is 10.1. The Balaban J connectivity index is 2.51. The van der Waals surface area contributed by atoms with Crippen molar-refractivity contribution in [3.05, 3.63) is 23.3 Å². The average Bonchev–Trinajstić information content (AvgIpc) is 2.31. The van der Waals surface area contributed by atoms with Crippen molar-refractivity contribution in [3.8, 4) is 0 Å². The van der Waals surface area contributed by atoms with Crippen LogP contribution in [0.1, 0.15) is 17.5 Å². The van der Waals surface area contributed by atoms with Crippen LogP contribution >= 0.6 is 0 Å². The molecule has 5 nitrogen and oxygen atoms in total. The standard InChI is InChI=1S/C13H17NO4S/c1-9-3-4-10(2)13-12(9)14(6-5-11(15)16)7-8-19(13,17)18/h3-4H,5-8H2,1-2H3,(H,15,16). The number of hydrogen-bond donors (Lipinski definition) is 1. The third kappa shape index (κ3) is 2.58. The summed E-state index contributed by atoms with van der Waals surface area (Å²) in [5.41, 5.74) is 2.27. The average molecular weight is 283 g/mol. The summed E-state index contributed by atoms with van der Waals surface area (Å²) in [6.07, 6.45) is 0.00682. The number of nitrogens with zero attached hydrogens (tertiary/aromatic N) is 1. The van der Waals surface area contributed by atoms with Gasteiger partial charge in [0.05, 0.1) is 22.8 Å². The van der Waals surface area contributed by atoms with E-state index >= 15 is 0 Å². The second kappa shape index (κ2) is 4.85. The normalized spacial score (nSPS) is 17.1. The number of benzene rings is 1. The third-order valence-corrected chi connectivity index (χ3v) is 5.24. The maximum absolute atomic E-state index is 12.2.